The lowest BCUT2D eigenvalue weighted by Crippen LogP contribution is -2.46. The SMILES string of the molecule is Cc1cccc(C(=O)N2CCC(NC(=O)c3ccc(Cl)cc3)CC2)c1. The maximum atomic E-state index is 12.6. The Hall–Kier alpha value is -2.33. The minimum absolute atomic E-state index is 0.0613. The first-order valence-corrected chi connectivity index (χ1v) is 8.83. The molecular weight excluding hydrogens is 336 g/mol. The van der Waals surface area contributed by atoms with Gasteiger partial charge in [-0.05, 0) is 56.2 Å². The Balaban J connectivity index is 1.54. The second-order valence-corrected chi connectivity index (χ2v) is 6.85. The van der Waals surface area contributed by atoms with Gasteiger partial charge < -0.3 is 10.2 Å². The molecule has 3 rings (SSSR count). The molecule has 4 nitrogen and oxygen atoms in total. The molecule has 0 spiro atoms. The van der Waals surface area contributed by atoms with Gasteiger partial charge in [0.15, 0.2) is 0 Å². The van der Waals surface area contributed by atoms with Gasteiger partial charge in [0.05, 0.1) is 0 Å². The lowest BCUT2D eigenvalue weighted by molar-refractivity contribution is 0.0698. The molecule has 0 bridgehead atoms. The van der Waals surface area contributed by atoms with Crippen LogP contribution in [0, 0.1) is 6.92 Å². The molecule has 2 aromatic carbocycles. The highest BCUT2D eigenvalue weighted by molar-refractivity contribution is 6.30. The van der Waals surface area contributed by atoms with Crippen LogP contribution in [0.25, 0.3) is 0 Å². The summed E-state index contributed by atoms with van der Waals surface area (Å²) in [7, 11) is 0. The largest absolute Gasteiger partial charge is 0.349 e. The smallest absolute Gasteiger partial charge is 0.253 e. The molecule has 5 heteroatoms. The average molecular weight is 357 g/mol. The molecule has 25 heavy (non-hydrogen) atoms. The molecule has 1 fully saturated rings. The van der Waals surface area contributed by atoms with Crippen LogP contribution < -0.4 is 5.32 Å². The normalized spacial score (nSPS) is 15.0. The van der Waals surface area contributed by atoms with Gasteiger partial charge >= 0.3 is 0 Å². The van der Waals surface area contributed by atoms with Crippen LogP contribution in [-0.2, 0) is 0 Å². The Bertz CT molecular complexity index is 766. The van der Waals surface area contributed by atoms with E-state index in [1.54, 1.807) is 24.3 Å². The molecule has 1 heterocycles. The summed E-state index contributed by atoms with van der Waals surface area (Å²) in [5.74, 6) is -0.0358. The van der Waals surface area contributed by atoms with Crippen LogP contribution in [0.5, 0.6) is 0 Å². The minimum Gasteiger partial charge on any atom is -0.349 e. The topological polar surface area (TPSA) is 49.4 Å². The second-order valence-electron chi connectivity index (χ2n) is 6.42. The number of carbonyl (C=O) groups excluding carboxylic acids is 2. The minimum atomic E-state index is -0.0971. The van der Waals surface area contributed by atoms with E-state index in [0.29, 0.717) is 23.7 Å². The first kappa shape index (κ1) is 17.5. The second kappa shape index (κ2) is 7.70. The monoisotopic (exact) mass is 356 g/mol. The number of carbonyl (C=O) groups is 2. The van der Waals surface area contributed by atoms with Gasteiger partial charge in [-0.25, -0.2) is 0 Å². The summed E-state index contributed by atoms with van der Waals surface area (Å²) in [5, 5.41) is 3.65. The zero-order chi connectivity index (χ0) is 17.8. The molecule has 0 unspecified atom stereocenters. The average Bonchev–Trinajstić information content (AvgIpc) is 2.62. The van der Waals surface area contributed by atoms with Crippen molar-refractivity contribution in [2.75, 3.05) is 13.1 Å². The number of nitrogens with zero attached hydrogens (tertiary/aromatic N) is 1. The number of hydrogen-bond acceptors (Lipinski definition) is 2. The maximum absolute atomic E-state index is 12.6. The van der Waals surface area contributed by atoms with Crippen LogP contribution in [0.4, 0.5) is 0 Å². The van der Waals surface area contributed by atoms with Gasteiger partial charge in [-0.1, -0.05) is 29.3 Å². The van der Waals surface area contributed by atoms with Crippen molar-refractivity contribution < 1.29 is 9.59 Å². The zero-order valence-electron chi connectivity index (χ0n) is 14.2. The van der Waals surface area contributed by atoms with E-state index in [4.69, 9.17) is 11.6 Å². The van der Waals surface area contributed by atoms with Crippen molar-refractivity contribution in [1.29, 1.82) is 0 Å². The number of rotatable bonds is 3. The molecule has 1 aliphatic heterocycles. The molecule has 0 aliphatic carbocycles. The van der Waals surface area contributed by atoms with Gasteiger partial charge in [0, 0.05) is 35.3 Å². The molecule has 0 radical (unpaired) electrons. The van der Waals surface area contributed by atoms with E-state index in [1.807, 2.05) is 36.1 Å². The predicted octanol–water partition coefficient (Wildman–Crippen LogP) is 3.68. The summed E-state index contributed by atoms with van der Waals surface area (Å²) in [6.45, 7) is 3.28. The van der Waals surface area contributed by atoms with Crippen molar-refractivity contribution in [3.8, 4) is 0 Å². The lowest BCUT2D eigenvalue weighted by Gasteiger charge is -2.32. The molecule has 0 saturated carbocycles. The van der Waals surface area contributed by atoms with Gasteiger partial charge in [-0.2, -0.15) is 0 Å². The molecule has 2 amide bonds. The molecular formula is C20H21ClN2O2. The van der Waals surface area contributed by atoms with Gasteiger partial charge in [0.25, 0.3) is 11.8 Å². The van der Waals surface area contributed by atoms with Crippen molar-refractivity contribution in [1.82, 2.24) is 10.2 Å². The highest BCUT2D eigenvalue weighted by Gasteiger charge is 2.24. The summed E-state index contributed by atoms with van der Waals surface area (Å²) in [6.07, 6.45) is 1.52. The summed E-state index contributed by atoms with van der Waals surface area (Å²) in [4.78, 5) is 26.7. The van der Waals surface area contributed by atoms with E-state index < -0.39 is 0 Å². The first-order chi connectivity index (χ1) is 12.0. The number of likely N-dealkylation sites (tertiary alicyclic amines) is 1. The number of amides is 2. The van der Waals surface area contributed by atoms with Crippen molar-refractivity contribution >= 4 is 23.4 Å². The summed E-state index contributed by atoms with van der Waals surface area (Å²) in [5.41, 5.74) is 2.40. The van der Waals surface area contributed by atoms with E-state index in [9.17, 15) is 9.59 Å². The van der Waals surface area contributed by atoms with Gasteiger partial charge in [-0.15, -0.1) is 0 Å². The Morgan fingerprint density at radius 1 is 1.04 bits per heavy atom. The van der Waals surface area contributed by atoms with Crippen LogP contribution >= 0.6 is 11.6 Å². The van der Waals surface area contributed by atoms with Gasteiger partial charge in [-0.3, -0.25) is 9.59 Å². The fraction of sp³-hybridized carbons (Fsp3) is 0.300. The standard InChI is InChI=1S/C20H21ClN2O2/c1-14-3-2-4-16(13-14)20(25)23-11-9-18(10-12-23)22-19(24)15-5-7-17(21)8-6-15/h2-8,13,18H,9-12H2,1H3,(H,22,24). The van der Waals surface area contributed by atoms with Gasteiger partial charge in [0.2, 0.25) is 0 Å². The number of halogens is 1. The van der Waals surface area contributed by atoms with Crippen LogP contribution in [0.15, 0.2) is 48.5 Å². The lowest BCUT2D eigenvalue weighted by atomic mass is 10.0. The van der Waals surface area contributed by atoms with Crippen LogP contribution in [0.3, 0.4) is 0 Å². The number of aryl methyl sites for hydroxylation is 1. The zero-order valence-corrected chi connectivity index (χ0v) is 14.9. The molecule has 130 valence electrons. The molecule has 1 aliphatic rings. The van der Waals surface area contributed by atoms with E-state index in [2.05, 4.69) is 5.32 Å². The Labute approximate surface area is 152 Å². The number of piperidine rings is 1. The number of benzene rings is 2. The van der Waals surface area contributed by atoms with E-state index in [0.717, 1.165) is 24.0 Å². The predicted molar refractivity (Wildman–Crippen MR) is 99.0 cm³/mol. The molecule has 2 aromatic rings. The van der Waals surface area contributed by atoms with Crippen molar-refractivity contribution in [3.05, 3.63) is 70.2 Å². The fourth-order valence-corrected chi connectivity index (χ4v) is 3.18. The summed E-state index contributed by atoms with van der Waals surface area (Å²) in [6, 6.07) is 14.6. The third-order valence-corrected chi connectivity index (χ3v) is 4.74. The highest BCUT2D eigenvalue weighted by Crippen LogP contribution is 2.16. The summed E-state index contributed by atoms with van der Waals surface area (Å²) >= 11 is 5.85. The molecule has 1 N–H and O–H groups in total. The molecule has 0 atom stereocenters. The molecule has 1 saturated heterocycles. The number of hydrogen-bond donors (Lipinski definition) is 1. The van der Waals surface area contributed by atoms with E-state index >= 15 is 0 Å². The van der Waals surface area contributed by atoms with Crippen molar-refractivity contribution in [2.45, 2.75) is 25.8 Å². The number of nitrogens with one attached hydrogen (secondary N) is 1. The van der Waals surface area contributed by atoms with Crippen LogP contribution in [-0.4, -0.2) is 35.8 Å². The van der Waals surface area contributed by atoms with Crippen LogP contribution in [0.2, 0.25) is 5.02 Å². The summed E-state index contributed by atoms with van der Waals surface area (Å²) < 4.78 is 0. The van der Waals surface area contributed by atoms with E-state index in [1.165, 1.54) is 0 Å². The quantitative estimate of drug-likeness (QED) is 0.911. The highest BCUT2D eigenvalue weighted by atomic mass is 35.5. The van der Waals surface area contributed by atoms with Crippen molar-refractivity contribution in [2.24, 2.45) is 0 Å². The fourth-order valence-electron chi connectivity index (χ4n) is 3.06. The Morgan fingerprint density at radius 2 is 1.72 bits per heavy atom. The first-order valence-electron chi connectivity index (χ1n) is 8.45. The third-order valence-electron chi connectivity index (χ3n) is 4.49. The maximum Gasteiger partial charge on any atom is 0.253 e. The third kappa shape index (κ3) is 4.40. The Morgan fingerprint density at radius 3 is 2.36 bits per heavy atom. The van der Waals surface area contributed by atoms with Crippen LogP contribution in [0.1, 0.15) is 39.1 Å². The van der Waals surface area contributed by atoms with Gasteiger partial charge in [0.1, 0.15) is 0 Å². The molecule has 0 aromatic heterocycles. The van der Waals surface area contributed by atoms with Crippen molar-refractivity contribution in [3.63, 3.8) is 0 Å². The van der Waals surface area contributed by atoms with E-state index in [-0.39, 0.29) is 17.9 Å². The Kier molecular flexibility index (Phi) is 5.39.